The number of rotatable bonds is 3. The Balaban J connectivity index is 2.30. The summed E-state index contributed by atoms with van der Waals surface area (Å²) in [5, 5.41) is 23.0. The number of hydrogen-bond donors (Lipinski definition) is 2. The summed E-state index contributed by atoms with van der Waals surface area (Å²) < 4.78 is 0. The van der Waals surface area contributed by atoms with Crippen molar-refractivity contribution in [1.82, 2.24) is 9.91 Å². The third-order valence-corrected chi connectivity index (χ3v) is 2.11. The zero-order valence-corrected chi connectivity index (χ0v) is 7.46. The first-order chi connectivity index (χ1) is 6.27. The second kappa shape index (κ2) is 4.83. The Hall–Kier alpha value is -1.08. The van der Waals surface area contributed by atoms with Gasteiger partial charge >= 0.3 is 0 Å². The van der Waals surface area contributed by atoms with Gasteiger partial charge in [0.05, 0.1) is 18.1 Å². The van der Waals surface area contributed by atoms with Crippen molar-refractivity contribution in [3.8, 4) is 0 Å². The third-order valence-electron chi connectivity index (χ3n) is 2.11. The molecule has 13 heavy (non-hydrogen) atoms. The van der Waals surface area contributed by atoms with Gasteiger partial charge in [0.2, 0.25) is 5.28 Å². The Morgan fingerprint density at radius 3 is 2.46 bits per heavy atom. The summed E-state index contributed by atoms with van der Waals surface area (Å²) in [7, 11) is 0. The molecule has 1 fully saturated rings. The molecule has 1 rings (SSSR count). The Bertz CT molecular complexity index is 178. The molecule has 0 aromatic heterocycles. The summed E-state index contributed by atoms with van der Waals surface area (Å²) in [4.78, 5) is 2.39. The molecular formula is C6H15N5O2. The van der Waals surface area contributed by atoms with Gasteiger partial charge in [0.1, 0.15) is 0 Å². The lowest BCUT2D eigenvalue weighted by Gasteiger charge is -2.30. The van der Waals surface area contributed by atoms with E-state index in [0.29, 0.717) is 19.6 Å². The second-order valence-electron chi connectivity index (χ2n) is 2.93. The van der Waals surface area contributed by atoms with Crippen LogP contribution >= 0.6 is 0 Å². The first-order valence-electron chi connectivity index (χ1n) is 4.27. The molecule has 0 bridgehead atoms. The van der Waals surface area contributed by atoms with Crippen molar-refractivity contribution < 1.29 is 10.2 Å². The fourth-order valence-electron chi connectivity index (χ4n) is 1.37. The monoisotopic (exact) mass is 189 g/mol. The number of piperazine rings is 1. The molecular weight excluding hydrogens is 174 g/mol. The van der Waals surface area contributed by atoms with Crippen LogP contribution in [0.3, 0.4) is 0 Å². The van der Waals surface area contributed by atoms with Crippen molar-refractivity contribution in [3.63, 3.8) is 0 Å². The highest BCUT2D eigenvalue weighted by Crippen LogP contribution is 2.00. The lowest BCUT2D eigenvalue weighted by molar-refractivity contribution is -0.711. The van der Waals surface area contributed by atoms with E-state index >= 15 is 0 Å². The standard InChI is InChI=1S/C6H15N5O2/c7-1-2-9-3-5-10(6-4-9)11(13)8-12/h12H,1-7H2/b11-8-. The average Bonchev–Trinajstić information content (AvgIpc) is 2.18. The molecule has 0 atom stereocenters. The third kappa shape index (κ3) is 2.71. The van der Waals surface area contributed by atoms with Gasteiger partial charge < -0.3 is 16.1 Å². The summed E-state index contributed by atoms with van der Waals surface area (Å²) in [5.41, 5.74) is 5.39. The molecule has 7 heteroatoms. The van der Waals surface area contributed by atoms with Crippen LogP contribution in [0, 0.1) is 5.21 Å². The van der Waals surface area contributed by atoms with Gasteiger partial charge in [-0.2, -0.15) is 0 Å². The van der Waals surface area contributed by atoms with Gasteiger partial charge in [0, 0.05) is 26.2 Å². The maximum atomic E-state index is 10.8. The highest BCUT2D eigenvalue weighted by molar-refractivity contribution is 4.66. The van der Waals surface area contributed by atoms with Crippen molar-refractivity contribution in [3.05, 3.63) is 5.21 Å². The first kappa shape index (κ1) is 10.0. The smallest absolute Gasteiger partial charge is 0.230 e. The van der Waals surface area contributed by atoms with E-state index in [2.05, 4.69) is 10.2 Å². The normalized spacial score (nSPS) is 20.7. The SMILES string of the molecule is NCCN1CCN(/[N+]([O-])=N/O)CC1. The summed E-state index contributed by atoms with van der Waals surface area (Å²) >= 11 is 0. The zero-order chi connectivity index (χ0) is 9.68. The number of hydrogen-bond acceptors (Lipinski definition) is 4. The maximum Gasteiger partial charge on any atom is 0.230 e. The van der Waals surface area contributed by atoms with Crippen molar-refractivity contribution in [2.24, 2.45) is 11.0 Å². The van der Waals surface area contributed by atoms with Gasteiger partial charge in [-0.15, -0.1) is 5.01 Å². The average molecular weight is 189 g/mol. The van der Waals surface area contributed by atoms with Crippen LogP contribution in [-0.4, -0.2) is 59.4 Å². The molecule has 1 saturated heterocycles. The molecule has 1 aliphatic rings. The molecule has 0 unspecified atom stereocenters. The molecule has 1 aliphatic heterocycles. The summed E-state index contributed by atoms with van der Waals surface area (Å²) in [6.45, 7) is 4.20. The Kier molecular flexibility index (Phi) is 3.71. The van der Waals surface area contributed by atoms with Crippen LogP contribution in [0.2, 0.25) is 0 Å². The number of hydrazine groups is 1. The van der Waals surface area contributed by atoms with Crippen LogP contribution in [0.4, 0.5) is 0 Å². The van der Waals surface area contributed by atoms with E-state index in [9.17, 15) is 5.21 Å². The van der Waals surface area contributed by atoms with Crippen molar-refractivity contribution in [1.29, 1.82) is 0 Å². The highest BCUT2D eigenvalue weighted by atomic mass is 16.6. The van der Waals surface area contributed by atoms with Gasteiger partial charge in [-0.05, 0) is 0 Å². The van der Waals surface area contributed by atoms with Crippen LogP contribution < -0.4 is 5.73 Å². The second-order valence-corrected chi connectivity index (χ2v) is 2.93. The summed E-state index contributed by atoms with van der Waals surface area (Å²) in [6, 6.07) is 0. The van der Waals surface area contributed by atoms with E-state index in [0.717, 1.165) is 19.6 Å². The molecule has 0 saturated carbocycles. The minimum Gasteiger partial charge on any atom is -0.569 e. The molecule has 0 aromatic carbocycles. The Morgan fingerprint density at radius 2 is 2.00 bits per heavy atom. The van der Waals surface area contributed by atoms with E-state index in [1.54, 1.807) is 0 Å². The van der Waals surface area contributed by atoms with E-state index in [1.165, 1.54) is 5.01 Å². The van der Waals surface area contributed by atoms with Gasteiger partial charge in [-0.25, -0.2) is 0 Å². The molecule has 0 aliphatic carbocycles. The Morgan fingerprint density at radius 1 is 1.38 bits per heavy atom. The lowest BCUT2D eigenvalue weighted by atomic mass is 10.3. The first-order valence-corrected chi connectivity index (χ1v) is 4.27. The van der Waals surface area contributed by atoms with Crippen molar-refractivity contribution in [2.45, 2.75) is 0 Å². The van der Waals surface area contributed by atoms with Gasteiger partial charge in [0.25, 0.3) is 0 Å². The minimum atomic E-state index is 0.222. The predicted molar refractivity (Wildman–Crippen MR) is 44.9 cm³/mol. The van der Waals surface area contributed by atoms with E-state index in [-0.39, 0.29) is 4.97 Å². The topological polar surface area (TPSA) is 91.2 Å². The van der Waals surface area contributed by atoms with Crippen LogP contribution in [0.25, 0.3) is 0 Å². The quantitative estimate of drug-likeness (QED) is 0.331. The minimum absolute atomic E-state index is 0.222. The van der Waals surface area contributed by atoms with Gasteiger partial charge in [0.15, 0.2) is 0 Å². The molecule has 7 nitrogen and oxygen atoms in total. The number of nitrogens with two attached hydrogens (primary N) is 1. The van der Waals surface area contributed by atoms with Crippen molar-refractivity contribution in [2.75, 3.05) is 39.3 Å². The molecule has 0 aromatic rings. The van der Waals surface area contributed by atoms with Crippen LogP contribution in [0.5, 0.6) is 0 Å². The summed E-state index contributed by atoms with van der Waals surface area (Å²) in [6.07, 6.45) is 0. The largest absolute Gasteiger partial charge is 0.569 e. The van der Waals surface area contributed by atoms with E-state index in [1.807, 2.05) is 0 Å². The lowest BCUT2D eigenvalue weighted by Crippen LogP contribution is -2.49. The van der Waals surface area contributed by atoms with Gasteiger partial charge in [-0.3, -0.25) is 4.90 Å². The Labute approximate surface area is 76.5 Å². The van der Waals surface area contributed by atoms with Crippen LogP contribution in [0.15, 0.2) is 5.28 Å². The van der Waals surface area contributed by atoms with E-state index in [4.69, 9.17) is 10.9 Å². The molecule has 3 N–H and O–H groups in total. The zero-order valence-electron chi connectivity index (χ0n) is 7.46. The van der Waals surface area contributed by atoms with Crippen LogP contribution in [0.1, 0.15) is 0 Å². The summed E-state index contributed by atoms with van der Waals surface area (Å²) in [5.74, 6) is 0. The fourth-order valence-corrected chi connectivity index (χ4v) is 1.37. The fraction of sp³-hybridized carbons (Fsp3) is 1.00. The molecule has 76 valence electrons. The van der Waals surface area contributed by atoms with Crippen molar-refractivity contribution >= 4 is 0 Å². The molecule has 1 heterocycles. The maximum absolute atomic E-state index is 10.8. The highest BCUT2D eigenvalue weighted by Gasteiger charge is 2.21. The molecule has 0 spiro atoms. The predicted octanol–water partition coefficient (Wildman–Crippen LogP) is -1.17. The molecule has 0 amide bonds. The van der Waals surface area contributed by atoms with Gasteiger partial charge in [-0.1, -0.05) is 0 Å². The molecule has 0 radical (unpaired) electrons. The van der Waals surface area contributed by atoms with Crippen LogP contribution in [-0.2, 0) is 0 Å². The van der Waals surface area contributed by atoms with E-state index < -0.39 is 0 Å². The number of nitrogens with zero attached hydrogens (tertiary/aromatic N) is 4.